The smallest absolute Gasteiger partial charge is 0.223 e. The summed E-state index contributed by atoms with van der Waals surface area (Å²) in [5.41, 5.74) is 0.371. The van der Waals surface area contributed by atoms with Crippen molar-refractivity contribution in [1.82, 2.24) is 5.32 Å². The molecule has 2 aliphatic carbocycles. The average molecular weight is 230 g/mol. The third-order valence-electron chi connectivity index (χ3n) is 3.95. The van der Waals surface area contributed by atoms with Crippen molar-refractivity contribution in [2.45, 2.75) is 44.9 Å². The van der Waals surface area contributed by atoms with Crippen LogP contribution in [0.5, 0.6) is 0 Å². The van der Waals surface area contributed by atoms with Crippen LogP contribution in [0.4, 0.5) is 0 Å². The Balaban J connectivity index is 1.70. The summed E-state index contributed by atoms with van der Waals surface area (Å²) in [4.78, 5) is 11.8. The average Bonchev–Trinajstić information content (AvgIpc) is 2.81. The molecule has 2 nitrogen and oxygen atoms in total. The molecule has 0 saturated heterocycles. The molecule has 0 atom stereocenters. The van der Waals surface area contributed by atoms with E-state index in [2.05, 4.69) is 5.32 Å². The lowest BCUT2D eigenvalue weighted by Crippen LogP contribution is -2.34. The molecule has 15 heavy (non-hydrogen) atoms. The van der Waals surface area contributed by atoms with E-state index in [1.54, 1.807) is 0 Å². The number of rotatable bonds is 5. The summed E-state index contributed by atoms with van der Waals surface area (Å²) in [6, 6.07) is 0. The maximum Gasteiger partial charge on any atom is 0.223 e. The van der Waals surface area contributed by atoms with E-state index in [4.69, 9.17) is 11.6 Å². The quantitative estimate of drug-likeness (QED) is 0.722. The van der Waals surface area contributed by atoms with Crippen molar-refractivity contribution in [3.63, 3.8) is 0 Å². The van der Waals surface area contributed by atoms with E-state index in [1.807, 2.05) is 0 Å². The predicted molar refractivity (Wildman–Crippen MR) is 62.0 cm³/mol. The Morgan fingerprint density at radius 2 is 2.00 bits per heavy atom. The number of halogens is 1. The van der Waals surface area contributed by atoms with Crippen LogP contribution >= 0.6 is 11.6 Å². The Hall–Kier alpha value is -0.240. The molecule has 2 aliphatic rings. The van der Waals surface area contributed by atoms with Crippen molar-refractivity contribution in [3.05, 3.63) is 0 Å². The van der Waals surface area contributed by atoms with Crippen molar-refractivity contribution in [2.24, 2.45) is 11.3 Å². The molecule has 0 bridgehead atoms. The largest absolute Gasteiger partial charge is 0.355 e. The minimum absolute atomic E-state index is 0.286. The molecule has 0 aliphatic heterocycles. The van der Waals surface area contributed by atoms with Crippen molar-refractivity contribution >= 4 is 17.5 Å². The van der Waals surface area contributed by atoms with Gasteiger partial charge in [0.05, 0.1) is 0 Å². The van der Waals surface area contributed by atoms with Gasteiger partial charge < -0.3 is 5.32 Å². The predicted octanol–water partition coefficient (Wildman–Crippen LogP) is 2.70. The van der Waals surface area contributed by atoms with Gasteiger partial charge in [0.1, 0.15) is 0 Å². The van der Waals surface area contributed by atoms with E-state index in [0.717, 1.165) is 31.7 Å². The molecule has 86 valence electrons. The summed E-state index contributed by atoms with van der Waals surface area (Å²) in [7, 11) is 0. The van der Waals surface area contributed by atoms with Crippen molar-refractivity contribution in [2.75, 3.05) is 12.4 Å². The van der Waals surface area contributed by atoms with Gasteiger partial charge in [-0.25, -0.2) is 0 Å². The van der Waals surface area contributed by atoms with E-state index in [9.17, 15) is 4.79 Å². The second kappa shape index (κ2) is 4.73. The topological polar surface area (TPSA) is 29.1 Å². The monoisotopic (exact) mass is 229 g/mol. The Morgan fingerprint density at radius 1 is 1.33 bits per heavy atom. The number of carbonyl (C=O) groups excluding carboxylic acids is 1. The standard InChI is InChI=1S/C12H20ClNO/c13-8-7-12(5-6-12)9-14-11(15)10-3-1-2-4-10/h10H,1-9H2,(H,14,15). The molecule has 0 unspecified atom stereocenters. The van der Waals surface area contributed by atoms with Gasteiger partial charge in [-0.3, -0.25) is 4.79 Å². The minimum Gasteiger partial charge on any atom is -0.355 e. The first-order valence-electron chi connectivity index (χ1n) is 6.09. The number of hydrogen-bond acceptors (Lipinski definition) is 1. The van der Waals surface area contributed by atoms with Crippen LogP contribution in [0.15, 0.2) is 0 Å². The van der Waals surface area contributed by atoms with E-state index >= 15 is 0 Å². The summed E-state index contributed by atoms with van der Waals surface area (Å²) in [6.07, 6.45) is 8.17. The highest BCUT2D eigenvalue weighted by atomic mass is 35.5. The van der Waals surface area contributed by atoms with E-state index in [1.165, 1.54) is 25.7 Å². The Morgan fingerprint density at radius 3 is 2.53 bits per heavy atom. The first-order valence-corrected chi connectivity index (χ1v) is 6.63. The van der Waals surface area contributed by atoms with Gasteiger partial charge in [0.25, 0.3) is 0 Å². The number of amides is 1. The number of nitrogens with one attached hydrogen (secondary N) is 1. The van der Waals surface area contributed by atoms with Crippen molar-refractivity contribution in [3.8, 4) is 0 Å². The van der Waals surface area contributed by atoms with Crippen LogP contribution in [0, 0.1) is 11.3 Å². The van der Waals surface area contributed by atoms with E-state index < -0.39 is 0 Å². The highest BCUT2D eigenvalue weighted by Gasteiger charge is 2.42. The van der Waals surface area contributed by atoms with Crippen molar-refractivity contribution < 1.29 is 4.79 Å². The van der Waals surface area contributed by atoms with Crippen LogP contribution in [-0.4, -0.2) is 18.3 Å². The number of hydrogen-bond donors (Lipinski definition) is 1. The molecule has 2 saturated carbocycles. The van der Waals surface area contributed by atoms with Gasteiger partial charge in [-0.2, -0.15) is 0 Å². The van der Waals surface area contributed by atoms with E-state index in [0.29, 0.717) is 11.3 Å². The molecular formula is C12H20ClNO. The lowest BCUT2D eigenvalue weighted by Gasteiger charge is -2.16. The summed E-state index contributed by atoms with van der Waals surface area (Å²) in [5, 5.41) is 3.11. The molecule has 0 aromatic heterocycles. The van der Waals surface area contributed by atoms with Gasteiger partial charge in [-0.05, 0) is 37.5 Å². The van der Waals surface area contributed by atoms with Gasteiger partial charge >= 0.3 is 0 Å². The van der Waals surface area contributed by atoms with Gasteiger partial charge in [-0.15, -0.1) is 11.6 Å². The molecule has 2 fully saturated rings. The normalized spacial score (nSPS) is 24.1. The molecule has 2 rings (SSSR count). The second-order valence-corrected chi connectivity index (χ2v) is 5.52. The maximum absolute atomic E-state index is 11.8. The fourth-order valence-corrected chi connectivity index (χ4v) is 2.90. The van der Waals surface area contributed by atoms with Gasteiger partial charge in [0.15, 0.2) is 0 Å². The molecule has 0 spiro atoms. The Labute approximate surface area is 96.8 Å². The third-order valence-corrected chi connectivity index (χ3v) is 4.13. The van der Waals surface area contributed by atoms with Crippen LogP contribution < -0.4 is 5.32 Å². The first kappa shape index (κ1) is 11.3. The van der Waals surface area contributed by atoms with Crippen LogP contribution in [0.1, 0.15) is 44.9 Å². The Kier molecular flexibility index (Phi) is 3.55. The second-order valence-electron chi connectivity index (χ2n) is 5.14. The van der Waals surface area contributed by atoms with Crippen LogP contribution in [-0.2, 0) is 4.79 Å². The molecule has 0 radical (unpaired) electrons. The summed E-state index contributed by atoms with van der Waals surface area (Å²) in [6.45, 7) is 0.856. The fraction of sp³-hybridized carbons (Fsp3) is 0.917. The zero-order valence-corrected chi connectivity index (χ0v) is 9.98. The minimum atomic E-state index is 0.286. The van der Waals surface area contributed by atoms with Gasteiger partial charge in [0, 0.05) is 18.3 Å². The highest BCUT2D eigenvalue weighted by molar-refractivity contribution is 6.17. The summed E-state index contributed by atoms with van der Waals surface area (Å²) < 4.78 is 0. The van der Waals surface area contributed by atoms with Gasteiger partial charge in [0.2, 0.25) is 5.91 Å². The zero-order valence-electron chi connectivity index (χ0n) is 9.23. The van der Waals surface area contributed by atoms with Gasteiger partial charge in [-0.1, -0.05) is 12.8 Å². The van der Waals surface area contributed by atoms with Crippen LogP contribution in [0.25, 0.3) is 0 Å². The summed E-state index contributed by atoms with van der Waals surface area (Å²) in [5.74, 6) is 1.31. The molecule has 0 aromatic rings. The molecule has 3 heteroatoms. The maximum atomic E-state index is 11.8. The van der Waals surface area contributed by atoms with Crippen LogP contribution in [0.3, 0.4) is 0 Å². The molecular weight excluding hydrogens is 210 g/mol. The Bertz CT molecular complexity index is 232. The lowest BCUT2D eigenvalue weighted by molar-refractivity contribution is -0.125. The lowest BCUT2D eigenvalue weighted by atomic mass is 10.0. The van der Waals surface area contributed by atoms with E-state index in [-0.39, 0.29) is 5.91 Å². The highest BCUT2D eigenvalue weighted by Crippen LogP contribution is 2.48. The molecule has 0 aromatic carbocycles. The van der Waals surface area contributed by atoms with Crippen molar-refractivity contribution in [1.29, 1.82) is 0 Å². The third kappa shape index (κ3) is 2.87. The SMILES string of the molecule is O=C(NCC1(CCCl)CC1)C1CCCC1. The summed E-state index contributed by atoms with van der Waals surface area (Å²) >= 11 is 5.76. The fourth-order valence-electron chi connectivity index (χ4n) is 2.50. The number of carbonyl (C=O) groups is 1. The molecule has 0 heterocycles. The first-order chi connectivity index (χ1) is 7.26. The molecule has 1 amide bonds. The zero-order chi connectivity index (χ0) is 10.7. The molecule has 1 N–H and O–H groups in total. The number of alkyl halides is 1. The van der Waals surface area contributed by atoms with Crippen LogP contribution in [0.2, 0.25) is 0 Å².